The lowest BCUT2D eigenvalue weighted by atomic mass is 10.2. The Labute approximate surface area is 120 Å². The third kappa shape index (κ3) is 3.05. The van der Waals surface area contributed by atoms with Crippen molar-refractivity contribution in [2.75, 3.05) is 0 Å². The molecule has 3 nitrogen and oxygen atoms in total. The molecule has 104 valence electrons. The second-order valence-corrected chi connectivity index (χ2v) is 4.88. The van der Waals surface area contributed by atoms with Gasteiger partial charge in [0.25, 0.3) is 0 Å². The largest absolute Gasteiger partial charge is 0.256 e. The van der Waals surface area contributed by atoms with E-state index >= 15 is 0 Å². The van der Waals surface area contributed by atoms with Gasteiger partial charge in [0.1, 0.15) is 11.4 Å². The topological polar surface area (TPSA) is 21.7 Å². The van der Waals surface area contributed by atoms with Crippen molar-refractivity contribution in [3.8, 4) is 0 Å². The van der Waals surface area contributed by atoms with Crippen LogP contribution in [-0.4, -0.2) is 9.55 Å². The monoisotopic (exact) mass is 268 g/mol. The van der Waals surface area contributed by atoms with Crippen LogP contribution in [0, 0.1) is 13.8 Å². The molecule has 0 aliphatic carbocycles. The Morgan fingerprint density at radius 1 is 1.10 bits per heavy atom. The van der Waals surface area contributed by atoms with Crippen molar-refractivity contribution in [1.82, 2.24) is 9.55 Å². The SMILES string of the molecule is CCn1c[n+](C)c(C)c1C.c1ccc2ncccc2c1. The molecule has 0 N–H and O–H groups in total. The first kappa shape index (κ1) is 14.3. The van der Waals surface area contributed by atoms with Crippen molar-refractivity contribution in [1.29, 1.82) is 0 Å². The molecule has 3 rings (SSSR count). The van der Waals surface area contributed by atoms with Crippen LogP contribution in [-0.2, 0) is 13.6 Å². The lowest BCUT2D eigenvalue weighted by molar-refractivity contribution is -0.677. The number of aromatic nitrogens is 3. The summed E-state index contributed by atoms with van der Waals surface area (Å²) in [6, 6.07) is 12.1. The summed E-state index contributed by atoms with van der Waals surface area (Å²) in [5.74, 6) is 0. The molecule has 0 saturated heterocycles. The summed E-state index contributed by atoms with van der Waals surface area (Å²) in [5, 5.41) is 1.20. The molecule has 2 heterocycles. The van der Waals surface area contributed by atoms with Crippen LogP contribution < -0.4 is 4.57 Å². The van der Waals surface area contributed by atoms with Crippen LogP contribution in [0.4, 0.5) is 0 Å². The minimum absolute atomic E-state index is 1.06. The van der Waals surface area contributed by atoms with Gasteiger partial charge in [0.15, 0.2) is 0 Å². The highest BCUT2D eigenvalue weighted by molar-refractivity contribution is 5.77. The van der Waals surface area contributed by atoms with Crippen LogP contribution in [0.1, 0.15) is 18.3 Å². The Bertz CT molecular complexity index is 633. The van der Waals surface area contributed by atoms with Gasteiger partial charge in [-0.15, -0.1) is 0 Å². The average Bonchev–Trinajstić information content (AvgIpc) is 2.75. The number of hydrogen-bond acceptors (Lipinski definition) is 1. The molecule has 1 aromatic carbocycles. The maximum Gasteiger partial charge on any atom is 0.243 e. The molecular weight excluding hydrogens is 246 g/mol. The molecule has 3 aromatic rings. The second-order valence-electron chi connectivity index (χ2n) is 4.88. The van der Waals surface area contributed by atoms with Crippen molar-refractivity contribution >= 4 is 10.9 Å². The summed E-state index contributed by atoms with van der Waals surface area (Å²) >= 11 is 0. The fourth-order valence-electron chi connectivity index (χ4n) is 2.18. The first-order valence-electron chi connectivity index (χ1n) is 6.95. The standard InChI is InChI=1S/C9H7N.C8H15N2/c1-2-6-9-8(4-1)5-3-7-10-9;1-5-10-6-9(4)7(2)8(10)3/h1-7H;6H,5H2,1-4H3/q;+1. The lowest BCUT2D eigenvalue weighted by Gasteiger charge is -1.91. The third-order valence-corrected chi connectivity index (χ3v) is 3.65. The van der Waals surface area contributed by atoms with Gasteiger partial charge in [-0.25, -0.2) is 9.13 Å². The third-order valence-electron chi connectivity index (χ3n) is 3.65. The Morgan fingerprint density at radius 3 is 2.35 bits per heavy atom. The van der Waals surface area contributed by atoms with Gasteiger partial charge in [-0.2, -0.15) is 0 Å². The summed E-state index contributed by atoms with van der Waals surface area (Å²) in [7, 11) is 2.08. The molecule has 0 radical (unpaired) electrons. The lowest BCUT2D eigenvalue weighted by Crippen LogP contribution is -2.28. The molecule has 0 aliphatic rings. The van der Waals surface area contributed by atoms with Gasteiger partial charge in [0, 0.05) is 25.4 Å². The molecule has 20 heavy (non-hydrogen) atoms. The maximum atomic E-state index is 4.18. The van der Waals surface area contributed by atoms with Crippen LogP contribution in [0.25, 0.3) is 10.9 Å². The average molecular weight is 268 g/mol. The normalized spacial score (nSPS) is 10.2. The van der Waals surface area contributed by atoms with Crippen LogP contribution in [0.3, 0.4) is 0 Å². The molecule has 0 amide bonds. The molecule has 0 aliphatic heterocycles. The zero-order valence-electron chi connectivity index (χ0n) is 12.7. The van der Waals surface area contributed by atoms with E-state index in [0.717, 1.165) is 12.1 Å². The Morgan fingerprint density at radius 2 is 1.80 bits per heavy atom. The first-order chi connectivity index (χ1) is 9.63. The number of para-hydroxylation sites is 1. The van der Waals surface area contributed by atoms with Crippen molar-refractivity contribution in [3.05, 3.63) is 60.3 Å². The summed E-state index contributed by atoms with van der Waals surface area (Å²) in [4.78, 5) is 4.18. The van der Waals surface area contributed by atoms with Crippen molar-refractivity contribution in [2.24, 2.45) is 7.05 Å². The van der Waals surface area contributed by atoms with E-state index < -0.39 is 0 Å². The Kier molecular flexibility index (Phi) is 4.51. The van der Waals surface area contributed by atoms with Gasteiger partial charge in [0.05, 0.1) is 19.1 Å². The number of rotatable bonds is 1. The van der Waals surface area contributed by atoms with Gasteiger partial charge in [0.2, 0.25) is 6.33 Å². The minimum Gasteiger partial charge on any atom is -0.256 e. The zero-order chi connectivity index (χ0) is 14.5. The molecular formula is C17H22N3+. The summed E-state index contributed by atoms with van der Waals surface area (Å²) < 4.78 is 4.40. The predicted octanol–water partition coefficient (Wildman–Crippen LogP) is 3.18. The van der Waals surface area contributed by atoms with Gasteiger partial charge < -0.3 is 0 Å². The number of imidazole rings is 1. The number of fused-ring (bicyclic) bond motifs is 1. The summed E-state index contributed by atoms with van der Waals surface area (Å²) in [6.45, 7) is 7.51. The van der Waals surface area contributed by atoms with E-state index in [2.05, 4.69) is 60.4 Å². The smallest absolute Gasteiger partial charge is 0.243 e. The van der Waals surface area contributed by atoms with Crippen LogP contribution in [0.15, 0.2) is 48.9 Å². The van der Waals surface area contributed by atoms with E-state index in [1.54, 1.807) is 0 Å². The van der Waals surface area contributed by atoms with E-state index in [9.17, 15) is 0 Å². The Balaban J connectivity index is 0.000000147. The highest BCUT2D eigenvalue weighted by Crippen LogP contribution is 2.07. The number of aryl methyl sites for hydroxylation is 2. The molecule has 0 saturated carbocycles. The minimum atomic E-state index is 1.06. The molecule has 0 fully saturated rings. The molecule has 0 spiro atoms. The summed E-state index contributed by atoms with van der Waals surface area (Å²) in [6.07, 6.45) is 3.94. The first-order valence-corrected chi connectivity index (χ1v) is 6.95. The van der Waals surface area contributed by atoms with Gasteiger partial charge in [-0.3, -0.25) is 4.98 Å². The maximum absolute atomic E-state index is 4.18. The Hall–Kier alpha value is -2.16. The van der Waals surface area contributed by atoms with E-state index in [0.29, 0.717) is 0 Å². The second kappa shape index (κ2) is 6.33. The van der Waals surface area contributed by atoms with Crippen LogP contribution in [0.2, 0.25) is 0 Å². The van der Waals surface area contributed by atoms with Gasteiger partial charge in [-0.05, 0) is 19.1 Å². The molecule has 3 heteroatoms. The molecule has 0 unspecified atom stereocenters. The summed E-state index contributed by atoms with van der Waals surface area (Å²) in [5.41, 5.74) is 3.77. The van der Waals surface area contributed by atoms with Crippen LogP contribution in [0.5, 0.6) is 0 Å². The highest BCUT2D eigenvalue weighted by Gasteiger charge is 2.10. The van der Waals surface area contributed by atoms with Crippen molar-refractivity contribution < 1.29 is 4.57 Å². The number of nitrogens with zero attached hydrogens (tertiary/aromatic N) is 3. The predicted molar refractivity (Wildman–Crippen MR) is 82.5 cm³/mol. The quantitative estimate of drug-likeness (QED) is 0.621. The zero-order valence-corrected chi connectivity index (χ0v) is 12.7. The van der Waals surface area contributed by atoms with Crippen LogP contribution >= 0.6 is 0 Å². The fraction of sp³-hybridized carbons (Fsp3) is 0.294. The molecule has 0 bridgehead atoms. The van der Waals surface area contributed by atoms with Gasteiger partial charge in [-0.1, -0.05) is 24.3 Å². The molecule has 2 aromatic heterocycles. The number of benzene rings is 1. The fourth-order valence-corrected chi connectivity index (χ4v) is 2.18. The molecule has 0 atom stereocenters. The van der Waals surface area contributed by atoms with E-state index in [1.807, 2.05) is 30.5 Å². The number of hydrogen-bond donors (Lipinski definition) is 0. The van der Waals surface area contributed by atoms with E-state index in [4.69, 9.17) is 0 Å². The van der Waals surface area contributed by atoms with Gasteiger partial charge >= 0.3 is 0 Å². The van der Waals surface area contributed by atoms with E-state index in [-0.39, 0.29) is 0 Å². The van der Waals surface area contributed by atoms with Crippen molar-refractivity contribution in [3.63, 3.8) is 0 Å². The van der Waals surface area contributed by atoms with Crippen molar-refractivity contribution in [2.45, 2.75) is 27.3 Å². The number of pyridine rings is 1. The van der Waals surface area contributed by atoms with E-state index in [1.165, 1.54) is 16.8 Å². The highest BCUT2D eigenvalue weighted by atomic mass is 15.1.